The van der Waals surface area contributed by atoms with Gasteiger partial charge in [0.1, 0.15) is 0 Å². The molecular weight excluding hydrogens is 124 g/mol. The quantitative estimate of drug-likeness (QED) is 0.636. The highest BCUT2D eigenvalue weighted by Gasteiger charge is 1.97. The van der Waals surface area contributed by atoms with E-state index in [1.807, 2.05) is 33.3 Å². The van der Waals surface area contributed by atoms with E-state index in [-0.39, 0.29) is 0 Å². The fraction of sp³-hybridized carbons (Fsp3) is 0.375. The van der Waals surface area contributed by atoms with E-state index in [2.05, 4.69) is 10.3 Å². The van der Waals surface area contributed by atoms with Crippen molar-refractivity contribution < 1.29 is 0 Å². The third kappa shape index (κ3) is 1.10. The number of nitrogens with one attached hydrogen (secondary N) is 1. The van der Waals surface area contributed by atoms with Crippen LogP contribution in [-0.2, 0) is 0 Å². The topological polar surface area (TPSA) is 24.9 Å². The zero-order chi connectivity index (χ0) is 7.56. The zero-order valence-electron chi connectivity index (χ0n) is 6.60. The minimum absolute atomic E-state index is 1.19. The van der Waals surface area contributed by atoms with Crippen molar-refractivity contribution in [1.29, 1.82) is 0 Å². The van der Waals surface area contributed by atoms with Crippen LogP contribution in [-0.4, -0.2) is 12.0 Å². The summed E-state index contributed by atoms with van der Waals surface area (Å²) in [5, 5.41) is 3.12. The van der Waals surface area contributed by atoms with E-state index in [4.69, 9.17) is 0 Å². The molecule has 0 aromatic carbocycles. The largest absolute Gasteiger partial charge is 0.388 e. The molecular formula is C8H12N2. The SMILES string of the molecule is CNc1c(C)cncc1C. The van der Waals surface area contributed by atoms with Crippen molar-refractivity contribution in [3.63, 3.8) is 0 Å². The Morgan fingerprint density at radius 1 is 1.20 bits per heavy atom. The summed E-state index contributed by atoms with van der Waals surface area (Å²) in [7, 11) is 1.93. The molecule has 1 heterocycles. The van der Waals surface area contributed by atoms with Gasteiger partial charge in [0, 0.05) is 25.1 Å². The molecule has 0 saturated carbocycles. The van der Waals surface area contributed by atoms with Crippen LogP contribution in [0.2, 0.25) is 0 Å². The van der Waals surface area contributed by atoms with Crippen molar-refractivity contribution in [2.24, 2.45) is 0 Å². The number of anilines is 1. The Morgan fingerprint density at radius 2 is 1.70 bits per heavy atom. The first-order chi connectivity index (χ1) is 4.75. The predicted octanol–water partition coefficient (Wildman–Crippen LogP) is 1.74. The number of hydrogen-bond donors (Lipinski definition) is 1. The summed E-state index contributed by atoms with van der Waals surface area (Å²) in [6.07, 6.45) is 3.72. The van der Waals surface area contributed by atoms with Crippen LogP contribution in [0.3, 0.4) is 0 Å². The lowest BCUT2D eigenvalue weighted by Crippen LogP contribution is -1.95. The molecule has 0 amide bonds. The smallest absolute Gasteiger partial charge is 0.0427 e. The molecule has 0 aliphatic rings. The Labute approximate surface area is 61.3 Å². The van der Waals surface area contributed by atoms with Crippen LogP contribution in [0.5, 0.6) is 0 Å². The van der Waals surface area contributed by atoms with Gasteiger partial charge in [0.25, 0.3) is 0 Å². The third-order valence-electron chi connectivity index (χ3n) is 1.58. The molecule has 2 nitrogen and oxygen atoms in total. The van der Waals surface area contributed by atoms with Gasteiger partial charge in [0.05, 0.1) is 0 Å². The Hall–Kier alpha value is -1.05. The molecule has 0 unspecified atom stereocenters. The number of nitrogens with zero attached hydrogens (tertiary/aromatic N) is 1. The summed E-state index contributed by atoms with van der Waals surface area (Å²) >= 11 is 0. The van der Waals surface area contributed by atoms with Gasteiger partial charge in [-0.2, -0.15) is 0 Å². The Bertz CT molecular complexity index is 210. The molecule has 0 spiro atoms. The number of rotatable bonds is 1. The van der Waals surface area contributed by atoms with Crippen LogP contribution < -0.4 is 5.32 Å². The number of pyridine rings is 1. The number of aryl methyl sites for hydroxylation is 2. The first-order valence-electron chi connectivity index (χ1n) is 3.34. The van der Waals surface area contributed by atoms with E-state index in [1.165, 1.54) is 16.8 Å². The highest BCUT2D eigenvalue weighted by atomic mass is 14.8. The Morgan fingerprint density at radius 3 is 2.00 bits per heavy atom. The fourth-order valence-electron chi connectivity index (χ4n) is 1.10. The van der Waals surface area contributed by atoms with E-state index in [1.54, 1.807) is 0 Å². The molecule has 1 N–H and O–H groups in total. The Kier molecular flexibility index (Phi) is 1.90. The molecule has 0 bridgehead atoms. The van der Waals surface area contributed by atoms with Gasteiger partial charge in [-0.3, -0.25) is 4.98 Å². The Balaban J connectivity index is 3.17. The van der Waals surface area contributed by atoms with Crippen molar-refractivity contribution in [2.45, 2.75) is 13.8 Å². The normalized spacial score (nSPS) is 9.50. The summed E-state index contributed by atoms with van der Waals surface area (Å²) < 4.78 is 0. The minimum atomic E-state index is 1.19. The van der Waals surface area contributed by atoms with Crippen molar-refractivity contribution in [2.75, 3.05) is 12.4 Å². The van der Waals surface area contributed by atoms with Crippen molar-refractivity contribution in [3.05, 3.63) is 23.5 Å². The van der Waals surface area contributed by atoms with Gasteiger partial charge >= 0.3 is 0 Å². The van der Waals surface area contributed by atoms with Gasteiger partial charge in [-0.15, -0.1) is 0 Å². The molecule has 1 rings (SSSR count). The van der Waals surface area contributed by atoms with Crippen LogP contribution >= 0.6 is 0 Å². The molecule has 0 saturated heterocycles. The van der Waals surface area contributed by atoms with E-state index in [0.717, 1.165) is 0 Å². The van der Waals surface area contributed by atoms with Gasteiger partial charge in [0.2, 0.25) is 0 Å². The second-order valence-electron chi connectivity index (χ2n) is 2.40. The first-order valence-corrected chi connectivity index (χ1v) is 3.34. The minimum Gasteiger partial charge on any atom is -0.388 e. The second-order valence-corrected chi connectivity index (χ2v) is 2.40. The molecule has 0 fully saturated rings. The zero-order valence-corrected chi connectivity index (χ0v) is 6.60. The summed E-state index contributed by atoms with van der Waals surface area (Å²) in [6.45, 7) is 4.09. The number of hydrogen-bond acceptors (Lipinski definition) is 2. The summed E-state index contributed by atoms with van der Waals surface area (Å²) in [6, 6.07) is 0. The first kappa shape index (κ1) is 7.06. The molecule has 0 aliphatic heterocycles. The maximum absolute atomic E-state index is 4.05. The van der Waals surface area contributed by atoms with Gasteiger partial charge in [-0.05, 0) is 25.0 Å². The molecule has 0 atom stereocenters. The van der Waals surface area contributed by atoms with Gasteiger partial charge < -0.3 is 5.32 Å². The average Bonchev–Trinajstić information content (AvgIpc) is 1.88. The van der Waals surface area contributed by atoms with E-state index in [0.29, 0.717) is 0 Å². The molecule has 1 aromatic heterocycles. The summed E-state index contributed by atoms with van der Waals surface area (Å²) in [5.41, 5.74) is 3.58. The van der Waals surface area contributed by atoms with Crippen molar-refractivity contribution >= 4 is 5.69 Å². The van der Waals surface area contributed by atoms with E-state index < -0.39 is 0 Å². The summed E-state index contributed by atoms with van der Waals surface area (Å²) in [4.78, 5) is 4.05. The van der Waals surface area contributed by atoms with Crippen molar-refractivity contribution in [3.8, 4) is 0 Å². The highest BCUT2D eigenvalue weighted by Crippen LogP contribution is 2.16. The van der Waals surface area contributed by atoms with E-state index >= 15 is 0 Å². The van der Waals surface area contributed by atoms with Crippen LogP contribution in [0.25, 0.3) is 0 Å². The second kappa shape index (κ2) is 2.69. The molecule has 0 radical (unpaired) electrons. The monoisotopic (exact) mass is 136 g/mol. The third-order valence-corrected chi connectivity index (χ3v) is 1.58. The lowest BCUT2D eigenvalue weighted by Gasteiger charge is -2.06. The summed E-state index contributed by atoms with van der Waals surface area (Å²) in [5.74, 6) is 0. The molecule has 0 aliphatic carbocycles. The van der Waals surface area contributed by atoms with E-state index in [9.17, 15) is 0 Å². The lowest BCUT2D eigenvalue weighted by atomic mass is 10.2. The maximum Gasteiger partial charge on any atom is 0.0427 e. The van der Waals surface area contributed by atoms with Crippen molar-refractivity contribution in [1.82, 2.24) is 4.98 Å². The molecule has 1 aromatic rings. The average molecular weight is 136 g/mol. The standard InChI is InChI=1S/C8H12N2/c1-6-4-10-5-7(2)8(6)9-3/h4-5H,1-3H3,(H,9,10). The van der Waals surface area contributed by atoms with Crippen LogP contribution in [0.4, 0.5) is 5.69 Å². The van der Waals surface area contributed by atoms with Gasteiger partial charge in [-0.1, -0.05) is 0 Å². The maximum atomic E-state index is 4.05. The number of aromatic nitrogens is 1. The van der Waals surface area contributed by atoms with Crippen LogP contribution in [0.1, 0.15) is 11.1 Å². The molecule has 2 heteroatoms. The molecule has 10 heavy (non-hydrogen) atoms. The fourth-order valence-corrected chi connectivity index (χ4v) is 1.10. The van der Waals surface area contributed by atoms with Gasteiger partial charge in [0.15, 0.2) is 0 Å². The van der Waals surface area contributed by atoms with Crippen LogP contribution in [0, 0.1) is 13.8 Å². The predicted molar refractivity (Wildman–Crippen MR) is 43.3 cm³/mol. The molecule has 54 valence electrons. The lowest BCUT2D eigenvalue weighted by molar-refractivity contribution is 1.21. The van der Waals surface area contributed by atoms with Gasteiger partial charge in [-0.25, -0.2) is 0 Å². The van der Waals surface area contributed by atoms with Crippen LogP contribution in [0.15, 0.2) is 12.4 Å². The highest BCUT2D eigenvalue weighted by molar-refractivity contribution is 5.54.